The normalized spacial score (nSPS) is 10.5. The van der Waals surface area contributed by atoms with Crippen LogP contribution in [0.2, 0.25) is 0 Å². The van der Waals surface area contributed by atoms with Crippen molar-refractivity contribution in [2.75, 3.05) is 23.8 Å². The average molecular weight is 284 g/mol. The standard InChI is InChI=1S/C17H24N4/c1-5-8-15-16(18-6-2)19-12-20-17(15)21(4)14-10-7-9-13(3)11-14/h7,9-12H,5-6,8H2,1-4H3,(H,18,19,20). The number of nitrogens with one attached hydrogen (secondary N) is 1. The highest BCUT2D eigenvalue weighted by atomic mass is 15.2. The quantitative estimate of drug-likeness (QED) is 0.872. The van der Waals surface area contributed by atoms with E-state index in [0.717, 1.165) is 36.7 Å². The van der Waals surface area contributed by atoms with Crippen molar-refractivity contribution in [3.05, 3.63) is 41.7 Å². The lowest BCUT2D eigenvalue weighted by Gasteiger charge is -2.23. The van der Waals surface area contributed by atoms with Crippen LogP contribution in [0.15, 0.2) is 30.6 Å². The van der Waals surface area contributed by atoms with E-state index in [9.17, 15) is 0 Å². The SMILES string of the molecule is CCCc1c(NCC)ncnc1N(C)c1cccc(C)c1. The van der Waals surface area contributed by atoms with Crippen molar-refractivity contribution < 1.29 is 0 Å². The molecule has 0 bridgehead atoms. The van der Waals surface area contributed by atoms with Gasteiger partial charge in [0.2, 0.25) is 0 Å². The van der Waals surface area contributed by atoms with E-state index < -0.39 is 0 Å². The number of benzene rings is 1. The first-order chi connectivity index (χ1) is 10.2. The van der Waals surface area contributed by atoms with Crippen molar-refractivity contribution in [3.63, 3.8) is 0 Å². The Bertz CT molecular complexity index is 595. The minimum atomic E-state index is 0.862. The van der Waals surface area contributed by atoms with Crippen molar-refractivity contribution in [1.82, 2.24) is 9.97 Å². The molecule has 21 heavy (non-hydrogen) atoms. The number of nitrogens with zero attached hydrogens (tertiary/aromatic N) is 3. The molecule has 0 saturated carbocycles. The topological polar surface area (TPSA) is 41.1 Å². The van der Waals surface area contributed by atoms with Crippen LogP contribution < -0.4 is 10.2 Å². The third-order valence-corrected chi connectivity index (χ3v) is 3.47. The highest BCUT2D eigenvalue weighted by molar-refractivity contribution is 5.67. The van der Waals surface area contributed by atoms with Crippen LogP contribution in [0, 0.1) is 6.92 Å². The van der Waals surface area contributed by atoms with Crippen molar-refractivity contribution in [2.24, 2.45) is 0 Å². The number of aromatic nitrogens is 2. The van der Waals surface area contributed by atoms with Crippen LogP contribution >= 0.6 is 0 Å². The summed E-state index contributed by atoms with van der Waals surface area (Å²) in [7, 11) is 2.06. The average Bonchev–Trinajstić information content (AvgIpc) is 2.49. The van der Waals surface area contributed by atoms with E-state index in [2.05, 4.69) is 72.3 Å². The largest absolute Gasteiger partial charge is 0.370 e. The molecule has 0 amide bonds. The Morgan fingerprint density at radius 2 is 2.00 bits per heavy atom. The molecule has 4 nitrogen and oxygen atoms in total. The van der Waals surface area contributed by atoms with Gasteiger partial charge in [-0.2, -0.15) is 0 Å². The summed E-state index contributed by atoms with van der Waals surface area (Å²) in [5, 5.41) is 3.34. The number of anilines is 3. The summed E-state index contributed by atoms with van der Waals surface area (Å²) in [4.78, 5) is 11.1. The number of hydrogen-bond donors (Lipinski definition) is 1. The minimum absolute atomic E-state index is 0.862. The van der Waals surface area contributed by atoms with Gasteiger partial charge in [0.15, 0.2) is 0 Å². The summed E-state index contributed by atoms with van der Waals surface area (Å²) >= 11 is 0. The van der Waals surface area contributed by atoms with Crippen LogP contribution in [0.1, 0.15) is 31.4 Å². The molecule has 0 atom stereocenters. The Kier molecular flexibility index (Phi) is 5.14. The first-order valence-electron chi connectivity index (χ1n) is 7.55. The second kappa shape index (κ2) is 7.07. The van der Waals surface area contributed by atoms with Gasteiger partial charge in [0.25, 0.3) is 0 Å². The molecule has 2 aromatic rings. The molecule has 0 aliphatic heterocycles. The van der Waals surface area contributed by atoms with E-state index in [1.165, 1.54) is 11.1 Å². The summed E-state index contributed by atoms with van der Waals surface area (Å²) in [6.45, 7) is 7.23. The zero-order chi connectivity index (χ0) is 15.2. The zero-order valence-corrected chi connectivity index (χ0v) is 13.3. The van der Waals surface area contributed by atoms with Crippen LogP contribution in [0.5, 0.6) is 0 Å². The molecule has 112 valence electrons. The summed E-state index contributed by atoms with van der Waals surface area (Å²) in [6.07, 6.45) is 3.67. The molecule has 1 aromatic heterocycles. The lowest BCUT2D eigenvalue weighted by atomic mass is 10.1. The van der Waals surface area contributed by atoms with E-state index >= 15 is 0 Å². The van der Waals surface area contributed by atoms with Crippen LogP contribution in [0.4, 0.5) is 17.3 Å². The third kappa shape index (κ3) is 3.51. The zero-order valence-electron chi connectivity index (χ0n) is 13.3. The Balaban J connectivity index is 2.44. The summed E-state index contributed by atoms with van der Waals surface area (Å²) in [6, 6.07) is 8.46. The van der Waals surface area contributed by atoms with Crippen molar-refractivity contribution in [2.45, 2.75) is 33.6 Å². The van der Waals surface area contributed by atoms with E-state index in [1.807, 2.05) is 0 Å². The smallest absolute Gasteiger partial charge is 0.141 e. The predicted molar refractivity (Wildman–Crippen MR) is 89.4 cm³/mol. The molecule has 0 aliphatic rings. The number of hydrogen-bond acceptors (Lipinski definition) is 4. The molecular formula is C17H24N4. The van der Waals surface area contributed by atoms with E-state index in [0.29, 0.717) is 0 Å². The Labute approximate surface area is 127 Å². The van der Waals surface area contributed by atoms with Gasteiger partial charge in [-0.15, -0.1) is 0 Å². The van der Waals surface area contributed by atoms with Gasteiger partial charge >= 0.3 is 0 Å². The molecule has 1 aromatic carbocycles. The summed E-state index contributed by atoms with van der Waals surface area (Å²) in [5.41, 5.74) is 3.58. The minimum Gasteiger partial charge on any atom is -0.370 e. The van der Waals surface area contributed by atoms with Gasteiger partial charge in [0.05, 0.1) is 0 Å². The van der Waals surface area contributed by atoms with Gasteiger partial charge in [-0.25, -0.2) is 9.97 Å². The van der Waals surface area contributed by atoms with E-state index in [4.69, 9.17) is 0 Å². The lowest BCUT2D eigenvalue weighted by molar-refractivity contribution is 0.890. The first kappa shape index (κ1) is 15.3. The highest BCUT2D eigenvalue weighted by Gasteiger charge is 2.15. The fourth-order valence-corrected chi connectivity index (χ4v) is 2.45. The van der Waals surface area contributed by atoms with Crippen LogP contribution in [0.3, 0.4) is 0 Å². The van der Waals surface area contributed by atoms with Gasteiger partial charge in [0, 0.05) is 24.8 Å². The maximum atomic E-state index is 4.52. The van der Waals surface area contributed by atoms with Gasteiger partial charge in [0.1, 0.15) is 18.0 Å². The molecular weight excluding hydrogens is 260 g/mol. The van der Waals surface area contributed by atoms with E-state index in [1.54, 1.807) is 6.33 Å². The molecule has 0 radical (unpaired) electrons. The highest BCUT2D eigenvalue weighted by Crippen LogP contribution is 2.29. The van der Waals surface area contributed by atoms with Gasteiger partial charge < -0.3 is 10.2 Å². The summed E-state index contributed by atoms with van der Waals surface area (Å²) in [5.74, 6) is 1.93. The molecule has 0 aliphatic carbocycles. The molecule has 0 spiro atoms. The molecule has 1 N–H and O–H groups in total. The third-order valence-electron chi connectivity index (χ3n) is 3.47. The lowest BCUT2D eigenvalue weighted by Crippen LogP contribution is -2.16. The predicted octanol–water partition coefficient (Wildman–Crippen LogP) is 3.94. The van der Waals surface area contributed by atoms with Crippen LogP contribution in [0.25, 0.3) is 0 Å². The molecule has 0 saturated heterocycles. The van der Waals surface area contributed by atoms with Gasteiger partial charge in [-0.3, -0.25) is 0 Å². The second-order valence-electron chi connectivity index (χ2n) is 5.20. The first-order valence-corrected chi connectivity index (χ1v) is 7.55. The molecule has 1 heterocycles. The maximum absolute atomic E-state index is 4.52. The number of aryl methyl sites for hydroxylation is 1. The summed E-state index contributed by atoms with van der Waals surface area (Å²) < 4.78 is 0. The van der Waals surface area contributed by atoms with Gasteiger partial charge in [-0.1, -0.05) is 25.5 Å². The monoisotopic (exact) mass is 284 g/mol. The van der Waals surface area contributed by atoms with Gasteiger partial charge in [-0.05, 0) is 38.0 Å². The van der Waals surface area contributed by atoms with Crippen LogP contribution in [-0.4, -0.2) is 23.6 Å². The Morgan fingerprint density at radius 1 is 1.19 bits per heavy atom. The molecule has 0 unspecified atom stereocenters. The fourth-order valence-electron chi connectivity index (χ4n) is 2.45. The Hall–Kier alpha value is -2.10. The fraction of sp³-hybridized carbons (Fsp3) is 0.412. The van der Waals surface area contributed by atoms with E-state index in [-0.39, 0.29) is 0 Å². The van der Waals surface area contributed by atoms with Crippen LogP contribution in [-0.2, 0) is 6.42 Å². The second-order valence-corrected chi connectivity index (χ2v) is 5.20. The molecule has 2 rings (SSSR count). The van der Waals surface area contributed by atoms with Crippen molar-refractivity contribution >= 4 is 17.3 Å². The maximum Gasteiger partial charge on any atom is 0.141 e. The molecule has 4 heteroatoms. The molecule has 0 fully saturated rings. The number of rotatable bonds is 6. The Morgan fingerprint density at radius 3 is 2.67 bits per heavy atom. The van der Waals surface area contributed by atoms with Crippen molar-refractivity contribution in [3.8, 4) is 0 Å². The van der Waals surface area contributed by atoms with Crippen molar-refractivity contribution in [1.29, 1.82) is 0 Å².